The maximum Gasteiger partial charge on any atom is 0.257 e. The lowest BCUT2D eigenvalue weighted by Crippen LogP contribution is -2.30. The summed E-state index contributed by atoms with van der Waals surface area (Å²) in [5.74, 6) is 0.110. The second-order valence-corrected chi connectivity index (χ2v) is 6.97. The van der Waals surface area contributed by atoms with Crippen molar-refractivity contribution < 1.29 is 23.4 Å². The Balaban J connectivity index is 1.70. The molecule has 3 atom stereocenters. The number of nitriles is 1. The lowest BCUT2D eigenvalue weighted by molar-refractivity contribution is 0.0704. The molecule has 0 unspecified atom stereocenters. The first-order valence-corrected chi connectivity index (χ1v) is 9.28. The highest BCUT2D eigenvalue weighted by atomic mass is 16.6. The van der Waals surface area contributed by atoms with E-state index in [1.807, 2.05) is 6.92 Å². The predicted octanol–water partition coefficient (Wildman–Crippen LogP) is 1.13. The van der Waals surface area contributed by atoms with Crippen molar-refractivity contribution in [1.82, 2.24) is 24.3 Å². The molecule has 1 aliphatic heterocycles. The first-order valence-electron chi connectivity index (χ1n) is 10.8. The van der Waals surface area contributed by atoms with Crippen LogP contribution in [0.3, 0.4) is 0 Å². The number of aliphatic hydroxyl groups is 1. The molecule has 4 heterocycles. The van der Waals surface area contributed by atoms with Gasteiger partial charge in [-0.3, -0.25) is 4.68 Å². The summed E-state index contributed by atoms with van der Waals surface area (Å²) in [7, 11) is 1.58. The Hall–Kier alpha value is -3.20. The fourth-order valence-electron chi connectivity index (χ4n) is 3.35. The van der Waals surface area contributed by atoms with Gasteiger partial charge in [0, 0.05) is 29.8 Å². The molecule has 158 valence electrons. The van der Waals surface area contributed by atoms with E-state index in [4.69, 9.17) is 18.3 Å². The molecule has 1 saturated heterocycles. The van der Waals surface area contributed by atoms with Gasteiger partial charge < -0.3 is 29.2 Å². The average molecular weight is 416 g/mol. The third-order valence-electron chi connectivity index (χ3n) is 4.73. The maximum absolute atomic E-state index is 9.99. The van der Waals surface area contributed by atoms with E-state index in [1.54, 1.807) is 23.9 Å². The van der Waals surface area contributed by atoms with E-state index in [-0.39, 0.29) is 36.8 Å². The molecule has 30 heavy (non-hydrogen) atoms. The molecule has 0 bridgehead atoms. The molecule has 0 aliphatic carbocycles. The summed E-state index contributed by atoms with van der Waals surface area (Å²) in [6.07, 6.45) is 1.26. The van der Waals surface area contributed by atoms with Gasteiger partial charge in [-0.25, -0.2) is 4.98 Å². The fourth-order valence-corrected chi connectivity index (χ4v) is 3.35. The van der Waals surface area contributed by atoms with Gasteiger partial charge in [-0.2, -0.15) is 10.2 Å². The van der Waals surface area contributed by atoms with Crippen molar-refractivity contribution in [3.8, 4) is 11.9 Å². The van der Waals surface area contributed by atoms with Crippen LogP contribution in [0.25, 0.3) is 11.0 Å². The van der Waals surface area contributed by atoms with Gasteiger partial charge in [0.25, 0.3) is 5.88 Å². The summed E-state index contributed by atoms with van der Waals surface area (Å²) in [5.41, 5.74) is 1.13. The van der Waals surface area contributed by atoms with E-state index in [0.29, 0.717) is 23.3 Å². The molecule has 4 rings (SSSR count). The number of fused-ring (bicyclic) bond motifs is 1. The Morgan fingerprint density at radius 3 is 3.10 bits per heavy atom. The summed E-state index contributed by atoms with van der Waals surface area (Å²) in [6.45, 7) is -0.00312. The van der Waals surface area contributed by atoms with Gasteiger partial charge in [0.15, 0.2) is 6.10 Å². The summed E-state index contributed by atoms with van der Waals surface area (Å²) < 4.78 is 41.6. The van der Waals surface area contributed by atoms with E-state index in [2.05, 4.69) is 26.5 Å². The van der Waals surface area contributed by atoms with Crippen LogP contribution in [0.5, 0.6) is 5.88 Å². The van der Waals surface area contributed by atoms with Crippen LogP contribution < -0.4 is 10.1 Å². The molecule has 0 aromatic carbocycles. The summed E-state index contributed by atoms with van der Waals surface area (Å²) in [4.78, 5) is 8.80. The third-order valence-corrected chi connectivity index (χ3v) is 4.73. The molecule has 3 aromatic rings. The standard InChI is InChI=1S/C19H23N7O4/c1-11(8-28-3)26-13(5-20)4-12-6-21-19(23-17(12)26)22-14-7-25(2)24-18(14)30-16-10-29-9-15(16)27/h4,6-7,11,15-16,27H,8-10H2,1-3H3,(H,21,22,23)/t11-,15-,16-/m0/s1/i2D3. The van der Waals surface area contributed by atoms with Gasteiger partial charge in [-0.1, -0.05) is 0 Å². The van der Waals surface area contributed by atoms with Gasteiger partial charge in [-0.05, 0) is 13.0 Å². The Morgan fingerprint density at radius 2 is 2.40 bits per heavy atom. The van der Waals surface area contributed by atoms with Crippen LogP contribution >= 0.6 is 0 Å². The van der Waals surface area contributed by atoms with Crippen molar-refractivity contribution in [2.24, 2.45) is 6.98 Å². The molecule has 2 N–H and O–H groups in total. The predicted molar refractivity (Wildman–Crippen MR) is 107 cm³/mol. The zero-order valence-electron chi connectivity index (χ0n) is 19.4. The first kappa shape index (κ1) is 16.6. The Bertz CT molecular complexity index is 1190. The van der Waals surface area contributed by atoms with Gasteiger partial charge in [0.05, 0.1) is 32.1 Å². The number of aryl methyl sites for hydroxylation is 1. The van der Waals surface area contributed by atoms with Crippen molar-refractivity contribution in [1.29, 1.82) is 5.26 Å². The fraction of sp³-hybridized carbons (Fsp3) is 0.474. The largest absolute Gasteiger partial charge is 0.466 e. The molecular formula is C19H23N7O4. The van der Waals surface area contributed by atoms with E-state index < -0.39 is 19.2 Å². The number of rotatable bonds is 7. The number of aliphatic hydroxyl groups excluding tert-OH is 1. The maximum atomic E-state index is 9.99. The molecule has 1 fully saturated rings. The van der Waals surface area contributed by atoms with Crippen LogP contribution in [0.4, 0.5) is 11.6 Å². The van der Waals surface area contributed by atoms with Crippen molar-refractivity contribution in [3.05, 3.63) is 24.2 Å². The molecule has 0 radical (unpaired) electrons. The minimum Gasteiger partial charge on any atom is -0.466 e. The second-order valence-electron chi connectivity index (χ2n) is 6.97. The van der Waals surface area contributed by atoms with Gasteiger partial charge >= 0.3 is 0 Å². The lowest BCUT2D eigenvalue weighted by atomic mass is 10.3. The zero-order valence-corrected chi connectivity index (χ0v) is 16.4. The first-order chi connectivity index (χ1) is 15.7. The quantitative estimate of drug-likeness (QED) is 0.581. The molecule has 11 heteroatoms. The van der Waals surface area contributed by atoms with E-state index in [9.17, 15) is 10.4 Å². The highest BCUT2D eigenvalue weighted by Crippen LogP contribution is 2.29. The number of nitrogens with one attached hydrogen (secondary N) is 1. The van der Waals surface area contributed by atoms with E-state index >= 15 is 0 Å². The highest BCUT2D eigenvalue weighted by molar-refractivity contribution is 5.79. The molecule has 0 spiro atoms. The highest BCUT2D eigenvalue weighted by Gasteiger charge is 2.30. The van der Waals surface area contributed by atoms with Crippen LogP contribution in [-0.4, -0.2) is 68.6 Å². The van der Waals surface area contributed by atoms with Gasteiger partial charge in [0.2, 0.25) is 5.95 Å². The van der Waals surface area contributed by atoms with Crippen LogP contribution in [-0.2, 0) is 16.4 Å². The Labute approximate surface area is 177 Å². The SMILES string of the molecule is [2H]C([2H])([2H])n1cc(Nc2ncc3cc(C#N)n([C@@H](C)COC)c3n2)c(O[C@H]2COC[C@@H]2O)n1. The Morgan fingerprint density at radius 1 is 1.53 bits per heavy atom. The zero-order chi connectivity index (χ0) is 23.8. The Kier molecular flexibility index (Phi) is 4.57. The van der Waals surface area contributed by atoms with Crippen LogP contribution in [0.1, 0.15) is 22.8 Å². The third kappa shape index (κ3) is 3.80. The molecule has 3 aromatic heterocycles. The van der Waals surface area contributed by atoms with Gasteiger partial charge in [0.1, 0.15) is 29.2 Å². The number of hydrogen-bond donors (Lipinski definition) is 2. The van der Waals surface area contributed by atoms with Crippen molar-refractivity contribution in [2.45, 2.75) is 25.2 Å². The van der Waals surface area contributed by atoms with Crippen molar-refractivity contribution in [2.75, 3.05) is 32.2 Å². The minimum atomic E-state index is -2.54. The number of hydrogen-bond acceptors (Lipinski definition) is 9. The van der Waals surface area contributed by atoms with Crippen LogP contribution in [0.15, 0.2) is 18.5 Å². The van der Waals surface area contributed by atoms with E-state index in [1.165, 1.54) is 6.20 Å². The molecule has 0 amide bonds. The average Bonchev–Trinajstić information content (AvgIpc) is 3.45. The number of nitrogens with zero attached hydrogens (tertiary/aromatic N) is 6. The normalized spacial score (nSPS) is 21.6. The molecule has 0 saturated carbocycles. The van der Waals surface area contributed by atoms with Crippen molar-refractivity contribution >= 4 is 22.7 Å². The minimum absolute atomic E-state index is 0.0368. The molecule has 1 aliphatic rings. The summed E-state index contributed by atoms with van der Waals surface area (Å²) in [6, 6.07) is 3.68. The molecule has 11 nitrogen and oxygen atoms in total. The van der Waals surface area contributed by atoms with Crippen LogP contribution in [0.2, 0.25) is 0 Å². The summed E-state index contributed by atoms with van der Waals surface area (Å²) >= 11 is 0. The number of aromatic nitrogens is 5. The monoisotopic (exact) mass is 416 g/mol. The number of anilines is 2. The smallest absolute Gasteiger partial charge is 0.257 e. The van der Waals surface area contributed by atoms with Crippen LogP contribution in [0, 0.1) is 11.3 Å². The number of methoxy groups -OCH3 is 1. The summed E-state index contributed by atoms with van der Waals surface area (Å²) in [5, 5.41) is 27.1. The topological polar surface area (TPSA) is 132 Å². The lowest BCUT2D eigenvalue weighted by Gasteiger charge is -2.16. The molecular weight excluding hydrogens is 390 g/mol. The van der Waals surface area contributed by atoms with Gasteiger partial charge in [-0.15, -0.1) is 5.10 Å². The second kappa shape index (κ2) is 8.27. The van der Waals surface area contributed by atoms with E-state index in [0.717, 1.165) is 4.68 Å². The van der Waals surface area contributed by atoms with Crippen molar-refractivity contribution in [3.63, 3.8) is 0 Å². The number of ether oxygens (including phenoxy) is 3.